The van der Waals surface area contributed by atoms with Crippen LogP contribution in [0, 0.1) is 5.92 Å². The molecule has 2 aliphatic rings. The third-order valence-corrected chi connectivity index (χ3v) is 3.41. The second kappa shape index (κ2) is 2.94. The maximum absolute atomic E-state index is 10.1. The smallest absolute Gasteiger partial charge is 0.169 e. The van der Waals surface area contributed by atoms with E-state index in [9.17, 15) is 5.11 Å². The van der Waals surface area contributed by atoms with Crippen molar-refractivity contribution in [3.05, 3.63) is 0 Å². The molecule has 0 aromatic carbocycles. The van der Waals surface area contributed by atoms with E-state index in [1.165, 1.54) is 6.42 Å². The molecule has 0 aromatic rings. The summed E-state index contributed by atoms with van der Waals surface area (Å²) in [4.78, 5) is 0. The van der Waals surface area contributed by atoms with E-state index in [0.717, 1.165) is 25.7 Å². The van der Waals surface area contributed by atoms with E-state index in [0.29, 0.717) is 0 Å². The molecule has 0 amide bonds. The SMILES string of the molecule is CC1(CO)CC2CCCCC2(O)O1. The molecule has 1 heterocycles. The third kappa shape index (κ3) is 1.49. The van der Waals surface area contributed by atoms with Gasteiger partial charge in [0.25, 0.3) is 0 Å². The molecule has 0 aromatic heterocycles. The van der Waals surface area contributed by atoms with Gasteiger partial charge >= 0.3 is 0 Å². The van der Waals surface area contributed by atoms with Crippen molar-refractivity contribution in [2.75, 3.05) is 6.61 Å². The van der Waals surface area contributed by atoms with E-state index in [-0.39, 0.29) is 12.5 Å². The first-order valence-corrected chi connectivity index (χ1v) is 5.11. The standard InChI is InChI=1S/C10H18O3/c1-9(7-11)6-8-4-2-3-5-10(8,12)13-9/h8,11-12H,2-7H2,1H3. The summed E-state index contributed by atoms with van der Waals surface area (Å²) >= 11 is 0. The van der Waals surface area contributed by atoms with E-state index in [2.05, 4.69) is 0 Å². The lowest BCUT2D eigenvalue weighted by atomic mass is 9.81. The average molecular weight is 186 g/mol. The molecule has 2 rings (SSSR count). The number of hydrogen-bond donors (Lipinski definition) is 2. The minimum atomic E-state index is -0.935. The van der Waals surface area contributed by atoms with Crippen LogP contribution in [0.4, 0.5) is 0 Å². The lowest BCUT2D eigenvalue weighted by molar-refractivity contribution is -0.250. The van der Waals surface area contributed by atoms with Crippen molar-refractivity contribution in [1.82, 2.24) is 0 Å². The molecule has 2 N–H and O–H groups in total. The van der Waals surface area contributed by atoms with Gasteiger partial charge in [-0.05, 0) is 26.2 Å². The van der Waals surface area contributed by atoms with E-state index < -0.39 is 11.4 Å². The van der Waals surface area contributed by atoms with Gasteiger partial charge in [0.15, 0.2) is 5.79 Å². The van der Waals surface area contributed by atoms with Crippen LogP contribution in [0.2, 0.25) is 0 Å². The third-order valence-electron chi connectivity index (χ3n) is 3.41. The van der Waals surface area contributed by atoms with Gasteiger partial charge in [0.05, 0.1) is 12.2 Å². The number of ether oxygens (including phenoxy) is 1. The highest BCUT2D eigenvalue weighted by Crippen LogP contribution is 2.48. The van der Waals surface area contributed by atoms with Crippen molar-refractivity contribution < 1.29 is 14.9 Å². The molecule has 76 valence electrons. The second-order valence-corrected chi connectivity index (χ2v) is 4.70. The highest BCUT2D eigenvalue weighted by molar-refractivity contribution is 4.96. The topological polar surface area (TPSA) is 49.7 Å². The number of aliphatic hydroxyl groups excluding tert-OH is 1. The summed E-state index contributed by atoms with van der Waals surface area (Å²) in [5.74, 6) is -0.700. The van der Waals surface area contributed by atoms with Crippen LogP contribution in [0.1, 0.15) is 39.0 Å². The fourth-order valence-electron chi connectivity index (χ4n) is 2.68. The Balaban J connectivity index is 2.15. The molecule has 0 bridgehead atoms. The molecule has 3 atom stereocenters. The van der Waals surface area contributed by atoms with Gasteiger partial charge in [-0.25, -0.2) is 0 Å². The van der Waals surface area contributed by atoms with Crippen LogP contribution < -0.4 is 0 Å². The first-order chi connectivity index (χ1) is 6.08. The van der Waals surface area contributed by atoms with Crippen LogP contribution in [0.25, 0.3) is 0 Å². The highest BCUT2D eigenvalue weighted by Gasteiger charge is 2.53. The molecular weight excluding hydrogens is 168 g/mol. The van der Waals surface area contributed by atoms with Gasteiger partial charge in [0.1, 0.15) is 0 Å². The monoisotopic (exact) mass is 186 g/mol. The maximum Gasteiger partial charge on any atom is 0.169 e. The zero-order valence-corrected chi connectivity index (χ0v) is 8.12. The Morgan fingerprint density at radius 2 is 2.23 bits per heavy atom. The lowest BCUT2D eigenvalue weighted by Gasteiger charge is -2.33. The van der Waals surface area contributed by atoms with Crippen LogP contribution in [0.3, 0.4) is 0 Å². The number of rotatable bonds is 1. The van der Waals surface area contributed by atoms with Gasteiger partial charge in [-0.15, -0.1) is 0 Å². The summed E-state index contributed by atoms with van der Waals surface area (Å²) in [6, 6.07) is 0. The first-order valence-electron chi connectivity index (χ1n) is 5.11. The first kappa shape index (κ1) is 9.44. The van der Waals surface area contributed by atoms with E-state index in [4.69, 9.17) is 9.84 Å². The fourth-order valence-corrected chi connectivity index (χ4v) is 2.68. The van der Waals surface area contributed by atoms with Crippen LogP contribution in [0.15, 0.2) is 0 Å². The number of aliphatic hydroxyl groups is 2. The molecule has 1 saturated heterocycles. The van der Waals surface area contributed by atoms with Gasteiger partial charge in [0, 0.05) is 12.3 Å². The van der Waals surface area contributed by atoms with Crippen LogP contribution in [-0.4, -0.2) is 28.2 Å². The van der Waals surface area contributed by atoms with Crippen molar-refractivity contribution in [3.63, 3.8) is 0 Å². The Morgan fingerprint density at radius 1 is 1.46 bits per heavy atom. The Labute approximate surface area is 78.7 Å². The summed E-state index contributed by atoms with van der Waals surface area (Å²) in [7, 11) is 0. The van der Waals surface area contributed by atoms with Crippen molar-refractivity contribution >= 4 is 0 Å². The van der Waals surface area contributed by atoms with Gasteiger partial charge in [-0.1, -0.05) is 6.42 Å². The zero-order valence-electron chi connectivity index (χ0n) is 8.12. The molecule has 0 spiro atoms. The fraction of sp³-hybridized carbons (Fsp3) is 1.00. The second-order valence-electron chi connectivity index (χ2n) is 4.70. The van der Waals surface area contributed by atoms with Crippen LogP contribution >= 0.6 is 0 Å². The Hall–Kier alpha value is -0.120. The Bertz CT molecular complexity index is 206. The van der Waals surface area contributed by atoms with Gasteiger partial charge in [-0.3, -0.25) is 0 Å². The molecule has 2 fully saturated rings. The van der Waals surface area contributed by atoms with E-state index >= 15 is 0 Å². The summed E-state index contributed by atoms with van der Waals surface area (Å²) in [5.41, 5.74) is -0.510. The zero-order chi connectivity index (χ0) is 9.53. The molecule has 1 saturated carbocycles. The van der Waals surface area contributed by atoms with Gasteiger partial charge in [0.2, 0.25) is 0 Å². The summed E-state index contributed by atoms with van der Waals surface area (Å²) < 4.78 is 5.60. The Morgan fingerprint density at radius 3 is 2.85 bits per heavy atom. The minimum Gasteiger partial charge on any atom is -0.393 e. The maximum atomic E-state index is 10.1. The normalized spacial score (nSPS) is 50.5. The van der Waals surface area contributed by atoms with Crippen LogP contribution in [-0.2, 0) is 4.74 Å². The molecule has 1 aliphatic carbocycles. The van der Waals surface area contributed by atoms with Crippen molar-refractivity contribution in [1.29, 1.82) is 0 Å². The summed E-state index contributed by atoms with van der Waals surface area (Å²) in [5, 5.41) is 19.3. The predicted octanol–water partition coefficient (Wildman–Crippen LogP) is 1.04. The summed E-state index contributed by atoms with van der Waals surface area (Å²) in [6.07, 6.45) is 4.77. The molecule has 3 heteroatoms. The quantitative estimate of drug-likeness (QED) is 0.643. The summed E-state index contributed by atoms with van der Waals surface area (Å²) in [6.45, 7) is 1.88. The van der Waals surface area contributed by atoms with Crippen LogP contribution in [0.5, 0.6) is 0 Å². The van der Waals surface area contributed by atoms with Crippen molar-refractivity contribution in [2.45, 2.75) is 50.4 Å². The lowest BCUT2D eigenvalue weighted by Crippen LogP contribution is -2.40. The molecule has 0 radical (unpaired) electrons. The van der Waals surface area contributed by atoms with Gasteiger partial charge in [-0.2, -0.15) is 0 Å². The Kier molecular flexibility index (Phi) is 2.13. The average Bonchev–Trinajstić information content (AvgIpc) is 2.36. The number of hydrogen-bond acceptors (Lipinski definition) is 3. The molecular formula is C10H18O3. The number of fused-ring (bicyclic) bond motifs is 1. The molecule has 3 unspecified atom stereocenters. The molecule has 13 heavy (non-hydrogen) atoms. The largest absolute Gasteiger partial charge is 0.393 e. The van der Waals surface area contributed by atoms with E-state index in [1.807, 2.05) is 6.92 Å². The minimum absolute atomic E-state index is 0.00576. The highest BCUT2D eigenvalue weighted by atomic mass is 16.7. The molecule has 3 nitrogen and oxygen atoms in total. The molecule has 1 aliphatic heterocycles. The predicted molar refractivity (Wildman–Crippen MR) is 48.1 cm³/mol. The van der Waals surface area contributed by atoms with Crippen molar-refractivity contribution in [2.24, 2.45) is 5.92 Å². The van der Waals surface area contributed by atoms with Crippen molar-refractivity contribution in [3.8, 4) is 0 Å². The van der Waals surface area contributed by atoms with E-state index in [1.54, 1.807) is 0 Å². The van der Waals surface area contributed by atoms with Gasteiger partial charge < -0.3 is 14.9 Å².